The number of rotatable bonds is 5. The molecule has 7 heteroatoms. The van der Waals surface area contributed by atoms with Crippen LogP contribution in [0.3, 0.4) is 0 Å². The van der Waals surface area contributed by atoms with Gasteiger partial charge in [-0.15, -0.1) is 0 Å². The van der Waals surface area contributed by atoms with E-state index in [0.29, 0.717) is 16.7 Å². The Hall–Kier alpha value is -1.60. The van der Waals surface area contributed by atoms with Crippen LogP contribution in [-0.4, -0.2) is 27.7 Å². The molecule has 1 aromatic carbocycles. The first-order chi connectivity index (χ1) is 9.15. The van der Waals surface area contributed by atoms with Crippen molar-refractivity contribution >= 4 is 36.2 Å². The van der Waals surface area contributed by atoms with Gasteiger partial charge in [-0.1, -0.05) is 19.4 Å². The minimum absolute atomic E-state index is 0. The van der Waals surface area contributed by atoms with Crippen molar-refractivity contribution in [3.63, 3.8) is 0 Å². The molecular weight excluding hydrogens is 279 g/mol. The largest absolute Gasteiger partial charge is 0.394 e. The molecule has 0 unspecified atom stereocenters. The highest BCUT2D eigenvalue weighted by Crippen LogP contribution is 2.25. The molecule has 0 aliphatic carbocycles. The fourth-order valence-corrected chi connectivity index (χ4v) is 2.01. The molecule has 2 aromatic rings. The number of nitrogens with two attached hydrogens (primary N) is 1. The van der Waals surface area contributed by atoms with E-state index in [0.717, 1.165) is 12.8 Å². The third kappa shape index (κ3) is 3.49. The Morgan fingerprint density at radius 2 is 2.15 bits per heavy atom. The standard InChI is InChI=1S/C13H17FN4O.H2S/c1-2-4-8(7-19)16-12-11-9(14)5-3-6-10(11)17-13(15)18-12;/h3,5-6,8,19H,2,4,7H2,1H3,(H3,15,16,17,18);1H2/t8-;/m0./s1. The number of aliphatic hydroxyl groups is 1. The SMILES string of the molecule is CCC[C@@H](CO)Nc1nc(N)nc2cccc(F)c12.S. The molecule has 1 atom stereocenters. The van der Waals surface area contributed by atoms with E-state index in [1.165, 1.54) is 6.07 Å². The molecule has 0 fully saturated rings. The molecule has 0 saturated heterocycles. The average molecular weight is 298 g/mol. The quantitative estimate of drug-likeness (QED) is 0.786. The number of nitrogens with one attached hydrogen (secondary N) is 1. The van der Waals surface area contributed by atoms with Gasteiger partial charge in [-0.25, -0.2) is 9.37 Å². The predicted octanol–water partition coefficient (Wildman–Crippen LogP) is 2.04. The maximum Gasteiger partial charge on any atom is 0.222 e. The molecule has 1 aromatic heterocycles. The zero-order chi connectivity index (χ0) is 13.8. The molecule has 2 rings (SSSR count). The van der Waals surface area contributed by atoms with Crippen molar-refractivity contribution in [2.45, 2.75) is 25.8 Å². The van der Waals surface area contributed by atoms with Gasteiger partial charge in [0.1, 0.15) is 11.6 Å². The third-order valence-electron chi connectivity index (χ3n) is 2.89. The Morgan fingerprint density at radius 3 is 2.80 bits per heavy atom. The smallest absolute Gasteiger partial charge is 0.222 e. The van der Waals surface area contributed by atoms with Crippen molar-refractivity contribution in [1.82, 2.24) is 9.97 Å². The van der Waals surface area contributed by atoms with Gasteiger partial charge in [0.15, 0.2) is 0 Å². The summed E-state index contributed by atoms with van der Waals surface area (Å²) in [4.78, 5) is 8.04. The number of hydrogen-bond acceptors (Lipinski definition) is 5. The fraction of sp³-hybridized carbons (Fsp3) is 0.385. The minimum Gasteiger partial charge on any atom is -0.394 e. The lowest BCUT2D eigenvalue weighted by Crippen LogP contribution is -2.24. The summed E-state index contributed by atoms with van der Waals surface area (Å²) in [6.07, 6.45) is 1.66. The van der Waals surface area contributed by atoms with E-state index in [9.17, 15) is 9.50 Å². The predicted molar refractivity (Wildman–Crippen MR) is 83.7 cm³/mol. The maximum atomic E-state index is 13.9. The summed E-state index contributed by atoms with van der Waals surface area (Å²) in [5.41, 5.74) is 6.07. The summed E-state index contributed by atoms with van der Waals surface area (Å²) in [6.45, 7) is 1.96. The monoisotopic (exact) mass is 298 g/mol. The van der Waals surface area contributed by atoms with Crippen molar-refractivity contribution in [2.24, 2.45) is 0 Å². The van der Waals surface area contributed by atoms with Crippen LogP contribution >= 0.6 is 13.5 Å². The molecule has 0 aliphatic rings. The van der Waals surface area contributed by atoms with Crippen LogP contribution in [0.25, 0.3) is 10.9 Å². The number of halogens is 1. The van der Waals surface area contributed by atoms with Crippen molar-refractivity contribution < 1.29 is 9.50 Å². The van der Waals surface area contributed by atoms with Gasteiger partial charge in [0.25, 0.3) is 0 Å². The Morgan fingerprint density at radius 1 is 1.40 bits per heavy atom. The molecule has 0 bridgehead atoms. The summed E-state index contributed by atoms with van der Waals surface area (Å²) >= 11 is 0. The number of aromatic nitrogens is 2. The van der Waals surface area contributed by atoms with Crippen LogP contribution in [-0.2, 0) is 0 Å². The van der Waals surface area contributed by atoms with Gasteiger partial charge in [-0.2, -0.15) is 18.5 Å². The van der Waals surface area contributed by atoms with E-state index >= 15 is 0 Å². The summed E-state index contributed by atoms with van der Waals surface area (Å²) in [7, 11) is 0. The Balaban J connectivity index is 0.00000200. The second-order valence-corrected chi connectivity index (χ2v) is 4.38. The summed E-state index contributed by atoms with van der Waals surface area (Å²) in [5.74, 6) is -0.00456. The van der Waals surface area contributed by atoms with E-state index in [4.69, 9.17) is 5.73 Å². The third-order valence-corrected chi connectivity index (χ3v) is 2.89. The summed E-state index contributed by atoms with van der Waals surface area (Å²) in [6, 6.07) is 4.42. The zero-order valence-electron chi connectivity index (χ0n) is 11.2. The Kier molecular flexibility index (Phi) is 5.97. The minimum atomic E-state index is -0.409. The molecule has 0 amide bonds. The second-order valence-electron chi connectivity index (χ2n) is 4.38. The van der Waals surface area contributed by atoms with Gasteiger partial charge in [0.2, 0.25) is 5.95 Å². The first-order valence-corrected chi connectivity index (χ1v) is 6.24. The highest BCUT2D eigenvalue weighted by atomic mass is 32.1. The molecule has 4 N–H and O–H groups in total. The number of fused-ring (bicyclic) bond motifs is 1. The van der Waals surface area contributed by atoms with E-state index in [-0.39, 0.29) is 32.1 Å². The second kappa shape index (κ2) is 7.25. The van der Waals surface area contributed by atoms with Gasteiger partial charge >= 0.3 is 0 Å². The summed E-state index contributed by atoms with van der Waals surface area (Å²) < 4.78 is 13.9. The average Bonchev–Trinajstić information content (AvgIpc) is 2.37. The van der Waals surface area contributed by atoms with Crippen molar-refractivity contribution in [3.8, 4) is 0 Å². The topological polar surface area (TPSA) is 84.1 Å². The van der Waals surface area contributed by atoms with Gasteiger partial charge in [-0.3, -0.25) is 0 Å². The van der Waals surface area contributed by atoms with E-state index < -0.39 is 5.82 Å². The van der Waals surface area contributed by atoms with Crippen LogP contribution < -0.4 is 11.1 Å². The van der Waals surface area contributed by atoms with Gasteiger partial charge < -0.3 is 16.2 Å². The number of nitrogen functional groups attached to an aromatic ring is 1. The van der Waals surface area contributed by atoms with Crippen molar-refractivity contribution in [2.75, 3.05) is 17.7 Å². The molecule has 0 radical (unpaired) electrons. The number of hydrogen-bond donors (Lipinski definition) is 3. The molecular formula is C13H19FN4OS. The van der Waals surface area contributed by atoms with E-state index in [2.05, 4.69) is 15.3 Å². The molecule has 0 spiro atoms. The number of benzene rings is 1. The van der Waals surface area contributed by atoms with Crippen LogP contribution in [0, 0.1) is 5.82 Å². The van der Waals surface area contributed by atoms with Crippen LogP contribution in [0.5, 0.6) is 0 Å². The maximum absolute atomic E-state index is 13.9. The van der Waals surface area contributed by atoms with Crippen LogP contribution in [0.2, 0.25) is 0 Å². The van der Waals surface area contributed by atoms with Crippen molar-refractivity contribution in [3.05, 3.63) is 24.0 Å². The van der Waals surface area contributed by atoms with Crippen LogP contribution in [0.1, 0.15) is 19.8 Å². The normalized spacial score (nSPS) is 11.9. The molecule has 20 heavy (non-hydrogen) atoms. The number of nitrogens with zero attached hydrogens (tertiary/aromatic N) is 2. The highest BCUT2D eigenvalue weighted by Gasteiger charge is 2.14. The lowest BCUT2D eigenvalue weighted by Gasteiger charge is -2.17. The summed E-state index contributed by atoms with van der Waals surface area (Å²) in [5, 5.41) is 12.6. The van der Waals surface area contributed by atoms with Crippen molar-refractivity contribution in [1.29, 1.82) is 0 Å². The van der Waals surface area contributed by atoms with E-state index in [1.807, 2.05) is 6.92 Å². The van der Waals surface area contributed by atoms with Gasteiger partial charge in [0.05, 0.1) is 23.6 Å². The lowest BCUT2D eigenvalue weighted by molar-refractivity contribution is 0.268. The molecule has 0 saturated carbocycles. The lowest BCUT2D eigenvalue weighted by atomic mass is 10.1. The van der Waals surface area contributed by atoms with E-state index in [1.54, 1.807) is 12.1 Å². The Bertz CT molecular complexity index is 582. The molecule has 0 aliphatic heterocycles. The van der Waals surface area contributed by atoms with Crippen LogP contribution in [0.4, 0.5) is 16.2 Å². The first kappa shape index (κ1) is 16.5. The molecule has 5 nitrogen and oxygen atoms in total. The van der Waals surface area contributed by atoms with Gasteiger partial charge in [-0.05, 0) is 18.6 Å². The zero-order valence-corrected chi connectivity index (χ0v) is 12.2. The van der Waals surface area contributed by atoms with Crippen LogP contribution in [0.15, 0.2) is 18.2 Å². The fourth-order valence-electron chi connectivity index (χ4n) is 2.01. The Labute approximate surface area is 123 Å². The number of aliphatic hydroxyl groups excluding tert-OH is 1. The van der Waals surface area contributed by atoms with Gasteiger partial charge in [0, 0.05) is 0 Å². The highest BCUT2D eigenvalue weighted by molar-refractivity contribution is 7.59. The number of anilines is 2. The molecule has 110 valence electrons. The first-order valence-electron chi connectivity index (χ1n) is 6.24. The molecule has 1 heterocycles.